The summed E-state index contributed by atoms with van der Waals surface area (Å²) >= 11 is 0. The van der Waals surface area contributed by atoms with Crippen molar-refractivity contribution < 1.29 is 0 Å². The Morgan fingerprint density at radius 1 is 1.50 bits per heavy atom. The molecule has 3 heteroatoms. The highest BCUT2D eigenvalue weighted by molar-refractivity contribution is 5.79. The van der Waals surface area contributed by atoms with Gasteiger partial charge < -0.3 is 10.6 Å². The normalized spacial score (nSPS) is 31.2. The topological polar surface area (TPSA) is 41.6 Å². The Balaban J connectivity index is 2.66. The van der Waals surface area contributed by atoms with Crippen molar-refractivity contribution in [2.45, 2.75) is 13.3 Å². The van der Waals surface area contributed by atoms with Crippen LogP contribution in [0.2, 0.25) is 0 Å². The van der Waals surface area contributed by atoms with Crippen molar-refractivity contribution in [3.63, 3.8) is 0 Å². The highest BCUT2D eigenvalue weighted by Crippen LogP contribution is 2.25. The summed E-state index contributed by atoms with van der Waals surface area (Å²) in [5, 5.41) is 0. The van der Waals surface area contributed by atoms with E-state index < -0.39 is 0 Å². The van der Waals surface area contributed by atoms with Gasteiger partial charge in [-0.2, -0.15) is 0 Å². The van der Waals surface area contributed by atoms with Gasteiger partial charge in [-0.3, -0.25) is 4.99 Å². The van der Waals surface area contributed by atoms with Gasteiger partial charge in [0.05, 0.1) is 0 Å². The molecule has 0 aromatic rings. The van der Waals surface area contributed by atoms with E-state index in [2.05, 4.69) is 23.9 Å². The maximum Gasteiger partial charge on any atom is 0.0277 e. The standard InChI is InChI=1S/C11H21N3/c1-9-4-10(8-14(3)7-9)11(5-12)6-13-2/h5-6,9-10H,4,7-8,12H2,1-3H3/b11-5+,13-6?. The van der Waals surface area contributed by atoms with E-state index in [1.165, 1.54) is 18.5 Å². The number of hydrogen-bond donors (Lipinski definition) is 1. The summed E-state index contributed by atoms with van der Waals surface area (Å²) < 4.78 is 0. The number of likely N-dealkylation sites (tertiary alicyclic amines) is 1. The van der Waals surface area contributed by atoms with Crippen LogP contribution in [-0.2, 0) is 0 Å². The van der Waals surface area contributed by atoms with Gasteiger partial charge in [0.15, 0.2) is 0 Å². The summed E-state index contributed by atoms with van der Waals surface area (Å²) in [7, 11) is 3.96. The van der Waals surface area contributed by atoms with E-state index in [1.807, 2.05) is 6.21 Å². The van der Waals surface area contributed by atoms with Gasteiger partial charge in [-0.15, -0.1) is 0 Å². The van der Waals surface area contributed by atoms with Crippen LogP contribution < -0.4 is 5.73 Å². The van der Waals surface area contributed by atoms with Crippen LogP contribution in [0.15, 0.2) is 16.8 Å². The van der Waals surface area contributed by atoms with Gasteiger partial charge in [0.1, 0.15) is 0 Å². The summed E-state index contributed by atoms with van der Waals surface area (Å²) in [5.41, 5.74) is 6.78. The van der Waals surface area contributed by atoms with Crippen LogP contribution in [-0.4, -0.2) is 38.3 Å². The molecule has 1 saturated heterocycles. The molecule has 0 amide bonds. The third-order valence-corrected chi connectivity index (χ3v) is 2.78. The second kappa shape index (κ2) is 5.15. The molecule has 14 heavy (non-hydrogen) atoms. The molecule has 0 saturated carbocycles. The molecular weight excluding hydrogens is 174 g/mol. The summed E-state index contributed by atoms with van der Waals surface area (Å²) in [6.45, 7) is 4.58. The number of hydrogen-bond acceptors (Lipinski definition) is 3. The summed E-state index contributed by atoms with van der Waals surface area (Å²) in [6.07, 6.45) is 4.81. The average molecular weight is 195 g/mol. The van der Waals surface area contributed by atoms with Gasteiger partial charge in [0.25, 0.3) is 0 Å². The number of nitrogens with zero attached hydrogens (tertiary/aromatic N) is 2. The van der Waals surface area contributed by atoms with E-state index in [0.717, 1.165) is 12.5 Å². The van der Waals surface area contributed by atoms with Crippen molar-refractivity contribution in [2.75, 3.05) is 27.2 Å². The van der Waals surface area contributed by atoms with Crippen LogP contribution in [0.4, 0.5) is 0 Å². The van der Waals surface area contributed by atoms with Gasteiger partial charge >= 0.3 is 0 Å². The summed E-state index contributed by atoms with van der Waals surface area (Å²) in [6, 6.07) is 0. The van der Waals surface area contributed by atoms with Gasteiger partial charge in [-0.25, -0.2) is 0 Å². The lowest BCUT2D eigenvalue weighted by atomic mass is 9.86. The molecule has 0 bridgehead atoms. The minimum absolute atomic E-state index is 0.553. The third kappa shape index (κ3) is 2.84. The van der Waals surface area contributed by atoms with Gasteiger partial charge in [0, 0.05) is 26.4 Å². The molecule has 0 aromatic carbocycles. The van der Waals surface area contributed by atoms with Gasteiger partial charge in [-0.05, 0) is 37.1 Å². The number of rotatable bonds is 2. The van der Waals surface area contributed by atoms with Crippen LogP contribution in [0.1, 0.15) is 13.3 Å². The van der Waals surface area contributed by atoms with E-state index in [9.17, 15) is 0 Å². The molecule has 80 valence electrons. The molecule has 0 radical (unpaired) electrons. The molecule has 2 unspecified atom stereocenters. The SMILES string of the molecule is CN=C/C(=C\N)C1CC(C)CN(C)C1. The van der Waals surface area contributed by atoms with Crippen LogP contribution >= 0.6 is 0 Å². The number of piperidine rings is 1. The van der Waals surface area contributed by atoms with Crippen molar-refractivity contribution >= 4 is 6.21 Å². The van der Waals surface area contributed by atoms with E-state index in [0.29, 0.717) is 5.92 Å². The maximum atomic E-state index is 5.61. The molecular formula is C11H21N3. The molecule has 2 atom stereocenters. The first kappa shape index (κ1) is 11.2. The summed E-state index contributed by atoms with van der Waals surface area (Å²) in [5.74, 6) is 1.30. The molecule has 2 N–H and O–H groups in total. The zero-order chi connectivity index (χ0) is 10.6. The van der Waals surface area contributed by atoms with Gasteiger partial charge in [0.2, 0.25) is 0 Å². The number of nitrogens with two attached hydrogens (primary N) is 1. The Labute approximate surface area is 86.7 Å². The van der Waals surface area contributed by atoms with Gasteiger partial charge in [-0.1, -0.05) is 6.92 Å². The Kier molecular flexibility index (Phi) is 4.14. The Bertz CT molecular complexity index is 223. The zero-order valence-electron chi connectivity index (χ0n) is 9.40. The molecule has 0 spiro atoms. The number of aliphatic imine (C=N–C) groups is 1. The molecule has 3 nitrogen and oxygen atoms in total. The fourth-order valence-electron chi connectivity index (χ4n) is 2.29. The largest absolute Gasteiger partial charge is 0.404 e. The predicted octanol–water partition coefficient (Wildman–Crippen LogP) is 1.12. The highest BCUT2D eigenvalue weighted by Gasteiger charge is 2.24. The van der Waals surface area contributed by atoms with Crippen LogP contribution in [0.5, 0.6) is 0 Å². The van der Waals surface area contributed by atoms with Crippen LogP contribution in [0.3, 0.4) is 0 Å². The molecule has 0 aromatic heterocycles. The van der Waals surface area contributed by atoms with Crippen molar-refractivity contribution in [1.29, 1.82) is 0 Å². The fourth-order valence-corrected chi connectivity index (χ4v) is 2.29. The highest BCUT2D eigenvalue weighted by atomic mass is 15.1. The minimum Gasteiger partial charge on any atom is -0.404 e. The van der Waals surface area contributed by atoms with Crippen LogP contribution in [0, 0.1) is 11.8 Å². The van der Waals surface area contributed by atoms with E-state index in [1.54, 1.807) is 13.2 Å². The first-order valence-corrected chi connectivity index (χ1v) is 5.19. The molecule has 1 rings (SSSR count). The lowest BCUT2D eigenvalue weighted by molar-refractivity contribution is 0.182. The van der Waals surface area contributed by atoms with Crippen molar-refractivity contribution in [3.8, 4) is 0 Å². The maximum absolute atomic E-state index is 5.61. The lowest BCUT2D eigenvalue weighted by Gasteiger charge is -2.34. The lowest BCUT2D eigenvalue weighted by Crippen LogP contribution is -2.37. The quantitative estimate of drug-likeness (QED) is 0.671. The van der Waals surface area contributed by atoms with Crippen molar-refractivity contribution in [3.05, 3.63) is 11.8 Å². The van der Waals surface area contributed by atoms with E-state index >= 15 is 0 Å². The fraction of sp³-hybridized carbons (Fsp3) is 0.727. The molecule has 1 aliphatic heterocycles. The smallest absolute Gasteiger partial charge is 0.0277 e. The molecule has 1 fully saturated rings. The Hall–Kier alpha value is -0.830. The Morgan fingerprint density at radius 2 is 2.21 bits per heavy atom. The van der Waals surface area contributed by atoms with E-state index in [-0.39, 0.29) is 0 Å². The average Bonchev–Trinajstić information content (AvgIpc) is 2.12. The minimum atomic E-state index is 0.553. The van der Waals surface area contributed by atoms with Crippen molar-refractivity contribution in [2.24, 2.45) is 22.6 Å². The third-order valence-electron chi connectivity index (χ3n) is 2.78. The second-order valence-electron chi connectivity index (χ2n) is 4.31. The molecule has 1 heterocycles. The molecule has 0 aliphatic carbocycles. The first-order chi connectivity index (χ1) is 6.67. The van der Waals surface area contributed by atoms with E-state index in [4.69, 9.17) is 5.73 Å². The zero-order valence-corrected chi connectivity index (χ0v) is 9.40. The Morgan fingerprint density at radius 3 is 2.71 bits per heavy atom. The summed E-state index contributed by atoms with van der Waals surface area (Å²) in [4.78, 5) is 6.41. The van der Waals surface area contributed by atoms with Crippen LogP contribution in [0.25, 0.3) is 0 Å². The second-order valence-corrected chi connectivity index (χ2v) is 4.31. The monoisotopic (exact) mass is 195 g/mol. The van der Waals surface area contributed by atoms with Crippen molar-refractivity contribution in [1.82, 2.24) is 4.90 Å². The first-order valence-electron chi connectivity index (χ1n) is 5.19. The molecule has 1 aliphatic rings. The predicted molar refractivity (Wildman–Crippen MR) is 61.5 cm³/mol.